The monoisotopic (exact) mass is 264 g/mol. The van der Waals surface area contributed by atoms with Gasteiger partial charge >= 0.3 is 0 Å². The highest BCUT2D eigenvalue weighted by Crippen LogP contribution is 2.35. The van der Waals surface area contributed by atoms with Crippen molar-refractivity contribution in [3.8, 4) is 10.6 Å². The summed E-state index contributed by atoms with van der Waals surface area (Å²) in [6.07, 6.45) is 0. The van der Waals surface area contributed by atoms with Crippen molar-refractivity contribution in [1.82, 2.24) is 4.98 Å². The standard InChI is InChI=1S/C13H13FN2OS/c14-10-4-2-1-3-9(10)12-16-11(5-18-12)13(6-15)7-17-8-13/h1-5H,6-8,15H2. The van der Waals surface area contributed by atoms with E-state index in [1.54, 1.807) is 12.1 Å². The van der Waals surface area contributed by atoms with Crippen LogP contribution in [0.25, 0.3) is 10.6 Å². The van der Waals surface area contributed by atoms with Crippen molar-refractivity contribution in [3.05, 3.63) is 41.2 Å². The van der Waals surface area contributed by atoms with E-state index in [9.17, 15) is 4.39 Å². The summed E-state index contributed by atoms with van der Waals surface area (Å²) in [7, 11) is 0. The van der Waals surface area contributed by atoms with Crippen molar-refractivity contribution in [1.29, 1.82) is 0 Å². The molecule has 0 amide bonds. The minimum atomic E-state index is -0.245. The highest BCUT2D eigenvalue weighted by molar-refractivity contribution is 7.13. The van der Waals surface area contributed by atoms with Gasteiger partial charge in [-0.3, -0.25) is 0 Å². The molecule has 2 heterocycles. The third kappa shape index (κ3) is 1.75. The fourth-order valence-corrected chi connectivity index (χ4v) is 2.96. The molecule has 1 aliphatic rings. The molecule has 1 aromatic heterocycles. The summed E-state index contributed by atoms with van der Waals surface area (Å²) >= 11 is 1.45. The lowest BCUT2D eigenvalue weighted by Gasteiger charge is -2.39. The lowest BCUT2D eigenvalue weighted by Crippen LogP contribution is -2.52. The van der Waals surface area contributed by atoms with Gasteiger partial charge in [0.25, 0.3) is 0 Å². The fraction of sp³-hybridized carbons (Fsp3) is 0.308. The number of aromatic nitrogens is 1. The summed E-state index contributed by atoms with van der Waals surface area (Å²) in [6.45, 7) is 1.71. The zero-order chi connectivity index (χ0) is 12.6. The topological polar surface area (TPSA) is 48.1 Å². The van der Waals surface area contributed by atoms with Gasteiger partial charge < -0.3 is 10.5 Å². The number of nitrogens with zero attached hydrogens (tertiary/aromatic N) is 1. The normalized spacial score (nSPS) is 17.4. The van der Waals surface area contributed by atoms with E-state index in [0.29, 0.717) is 30.3 Å². The summed E-state index contributed by atoms with van der Waals surface area (Å²) in [6, 6.07) is 6.67. The Kier molecular flexibility index (Phi) is 2.89. The molecule has 94 valence electrons. The van der Waals surface area contributed by atoms with Gasteiger partial charge in [-0.2, -0.15) is 0 Å². The molecule has 1 saturated heterocycles. The quantitative estimate of drug-likeness (QED) is 0.924. The molecule has 0 bridgehead atoms. The van der Waals surface area contributed by atoms with Gasteiger partial charge in [0, 0.05) is 17.5 Å². The highest BCUT2D eigenvalue weighted by atomic mass is 32.1. The number of nitrogens with two attached hydrogens (primary N) is 1. The highest BCUT2D eigenvalue weighted by Gasteiger charge is 2.41. The number of ether oxygens (including phenoxy) is 1. The van der Waals surface area contributed by atoms with E-state index in [1.165, 1.54) is 17.4 Å². The molecular formula is C13H13FN2OS. The van der Waals surface area contributed by atoms with Crippen LogP contribution in [-0.4, -0.2) is 24.7 Å². The van der Waals surface area contributed by atoms with Crippen LogP contribution in [0.5, 0.6) is 0 Å². The van der Waals surface area contributed by atoms with Crippen LogP contribution in [0.15, 0.2) is 29.6 Å². The van der Waals surface area contributed by atoms with E-state index in [0.717, 1.165) is 5.69 Å². The Morgan fingerprint density at radius 1 is 1.39 bits per heavy atom. The van der Waals surface area contributed by atoms with Gasteiger partial charge in [-0.05, 0) is 12.1 Å². The number of hydrogen-bond donors (Lipinski definition) is 1. The first-order chi connectivity index (χ1) is 8.75. The van der Waals surface area contributed by atoms with Gasteiger partial charge in [-0.25, -0.2) is 9.37 Å². The summed E-state index contributed by atoms with van der Waals surface area (Å²) in [5.74, 6) is -0.245. The van der Waals surface area contributed by atoms with Crippen LogP contribution in [-0.2, 0) is 10.2 Å². The largest absolute Gasteiger partial charge is 0.379 e. The zero-order valence-electron chi connectivity index (χ0n) is 9.73. The summed E-state index contributed by atoms with van der Waals surface area (Å²) in [4.78, 5) is 4.52. The second-order valence-corrected chi connectivity index (χ2v) is 5.35. The lowest BCUT2D eigenvalue weighted by molar-refractivity contribution is -0.0568. The van der Waals surface area contributed by atoms with Crippen molar-refractivity contribution in [2.75, 3.05) is 19.8 Å². The molecule has 18 heavy (non-hydrogen) atoms. The third-order valence-corrected chi connectivity index (χ3v) is 4.17. The van der Waals surface area contributed by atoms with Crippen LogP contribution in [0, 0.1) is 5.82 Å². The molecule has 0 saturated carbocycles. The summed E-state index contributed by atoms with van der Waals surface area (Å²) in [5, 5.41) is 2.65. The Morgan fingerprint density at radius 3 is 2.78 bits per heavy atom. The molecule has 1 fully saturated rings. The molecule has 0 atom stereocenters. The first-order valence-electron chi connectivity index (χ1n) is 5.74. The Balaban J connectivity index is 1.97. The Labute approximate surface area is 108 Å². The molecule has 1 aromatic carbocycles. The minimum absolute atomic E-state index is 0.167. The van der Waals surface area contributed by atoms with Gasteiger partial charge in [-0.15, -0.1) is 11.3 Å². The predicted molar refractivity (Wildman–Crippen MR) is 69.1 cm³/mol. The molecule has 0 unspecified atom stereocenters. The van der Waals surface area contributed by atoms with E-state index in [4.69, 9.17) is 10.5 Å². The second kappa shape index (κ2) is 4.42. The molecule has 3 rings (SSSR count). The van der Waals surface area contributed by atoms with Crippen LogP contribution in [0.1, 0.15) is 5.69 Å². The number of benzene rings is 1. The van der Waals surface area contributed by atoms with Crippen LogP contribution in [0.4, 0.5) is 4.39 Å². The van der Waals surface area contributed by atoms with Gasteiger partial charge in [0.1, 0.15) is 10.8 Å². The zero-order valence-corrected chi connectivity index (χ0v) is 10.5. The number of thiazole rings is 1. The maximum absolute atomic E-state index is 13.7. The maximum Gasteiger partial charge on any atom is 0.133 e. The van der Waals surface area contributed by atoms with Gasteiger partial charge in [0.05, 0.1) is 24.3 Å². The average Bonchev–Trinajstić information content (AvgIpc) is 2.79. The van der Waals surface area contributed by atoms with E-state index in [1.807, 2.05) is 11.4 Å². The van der Waals surface area contributed by atoms with E-state index < -0.39 is 0 Å². The van der Waals surface area contributed by atoms with Crippen molar-refractivity contribution in [2.24, 2.45) is 5.73 Å². The van der Waals surface area contributed by atoms with E-state index >= 15 is 0 Å². The smallest absolute Gasteiger partial charge is 0.133 e. The molecule has 1 aliphatic heterocycles. The molecule has 0 radical (unpaired) electrons. The molecule has 5 heteroatoms. The predicted octanol–water partition coefficient (Wildman–Crippen LogP) is 2.18. The molecular weight excluding hydrogens is 251 g/mol. The summed E-state index contributed by atoms with van der Waals surface area (Å²) in [5.41, 5.74) is 7.08. The first-order valence-corrected chi connectivity index (χ1v) is 6.62. The van der Waals surface area contributed by atoms with Gasteiger partial charge in [0.2, 0.25) is 0 Å². The second-order valence-electron chi connectivity index (χ2n) is 4.49. The lowest BCUT2D eigenvalue weighted by atomic mass is 9.83. The van der Waals surface area contributed by atoms with Crippen molar-refractivity contribution < 1.29 is 9.13 Å². The molecule has 0 spiro atoms. The third-order valence-electron chi connectivity index (χ3n) is 3.30. The van der Waals surface area contributed by atoms with E-state index in [2.05, 4.69) is 4.98 Å². The molecule has 0 aliphatic carbocycles. The summed E-state index contributed by atoms with van der Waals surface area (Å²) < 4.78 is 18.9. The Morgan fingerprint density at radius 2 is 2.17 bits per heavy atom. The van der Waals surface area contributed by atoms with Crippen molar-refractivity contribution >= 4 is 11.3 Å². The number of rotatable bonds is 3. The Bertz CT molecular complexity index is 560. The van der Waals surface area contributed by atoms with Crippen molar-refractivity contribution in [3.63, 3.8) is 0 Å². The molecule has 3 nitrogen and oxygen atoms in total. The van der Waals surface area contributed by atoms with E-state index in [-0.39, 0.29) is 11.2 Å². The van der Waals surface area contributed by atoms with Crippen LogP contribution in [0.2, 0.25) is 0 Å². The van der Waals surface area contributed by atoms with Crippen LogP contribution >= 0.6 is 11.3 Å². The first kappa shape index (κ1) is 11.8. The Hall–Kier alpha value is -1.30. The SMILES string of the molecule is NCC1(c2csc(-c3ccccc3F)n2)COC1. The average molecular weight is 264 g/mol. The molecule has 2 aromatic rings. The molecule has 2 N–H and O–H groups in total. The van der Waals surface area contributed by atoms with Gasteiger partial charge in [0.15, 0.2) is 0 Å². The van der Waals surface area contributed by atoms with Crippen molar-refractivity contribution in [2.45, 2.75) is 5.41 Å². The van der Waals surface area contributed by atoms with Gasteiger partial charge in [-0.1, -0.05) is 12.1 Å². The van der Waals surface area contributed by atoms with Crippen LogP contribution < -0.4 is 5.73 Å². The number of halogens is 1. The minimum Gasteiger partial charge on any atom is -0.379 e. The fourth-order valence-electron chi connectivity index (χ4n) is 1.99. The number of hydrogen-bond acceptors (Lipinski definition) is 4. The van der Waals surface area contributed by atoms with Crippen LogP contribution in [0.3, 0.4) is 0 Å². The maximum atomic E-state index is 13.7.